The van der Waals surface area contributed by atoms with Crippen LogP contribution in [0.25, 0.3) is 18.2 Å². The zero-order valence-electron chi connectivity index (χ0n) is 19.6. The minimum absolute atomic E-state index is 0.279. The van der Waals surface area contributed by atoms with Crippen molar-refractivity contribution in [2.24, 2.45) is 0 Å². The summed E-state index contributed by atoms with van der Waals surface area (Å²) in [6.45, 7) is -0.558. The Balaban J connectivity index is 1.56. The zero-order chi connectivity index (χ0) is 25.4. The molecule has 36 heavy (non-hydrogen) atoms. The van der Waals surface area contributed by atoms with Gasteiger partial charge in [-0.05, 0) is 34.9 Å². The van der Waals surface area contributed by atoms with Crippen LogP contribution in [0.3, 0.4) is 0 Å². The Bertz CT molecular complexity index is 1130. The van der Waals surface area contributed by atoms with Crippen LogP contribution in [0.1, 0.15) is 16.7 Å². The molecule has 6 nitrogen and oxygen atoms in total. The second-order valence-electron chi connectivity index (χ2n) is 7.55. The third kappa shape index (κ3) is 10.1. The van der Waals surface area contributed by atoms with Gasteiger partial charge in [0.05, 0.1) is 0 Å². The van der Waals surface area contributed by atoms with Gasteiger partial charge in [0.25, 0.3) is 0 Å². The molecule has 0 aliphatic heterocycles. The SMILES string of the molecule is O=C(C=Cc1ccccc1)OCC(COC(=O)/C=C/c1ccccc1)OC(=O)C=Cc1ccccc1. The second-order valence-corrected chi connectivity index (χ2v) is 7.55. The van der Waals surface area contributed by atoms with Gasteiger partial charge in [-0.2, -0.15) is 0 Å². The average Bonchev–Trinajstić information content (AvgIpc) is 2.92. The third-order valence-electron chi connectivity index (χ3n) is 4.74. The first-order valence-electron chi connectivity index (χ1n) is 11.3. The van der Waals surface area contributed by atoms with Gasteiger partial charge in [0.15, 0.2) is 6.10 Å². The molecule has 0 bridgehead atoms. The van der Waals surface area contributed by atoms with E-state index in [1.807, 2.05) is 91.0 Å². The first kappa shape index (κ1) is 25.9. The van der Waals surface area contributed by atoms with E-state index in [4.69, 9.17) is 14.2 Å². The molecule has 6 heteroatoms. The molecule has 0 aliphatic rings. The minimum Gasteiger partial charge on any atom is -0.458 e. The number of hydrogen-bond acceptors (Lipinski definition) is 6. The van der Waals surface area contributed by atoms with E-state index in [0.717, 1.165) is 16.7 Å². The fraction of sp³-hybridized carbons (Fsp3) is 0.100. The maximum atomic E-state index is 12.3. The number of carbonyl (C=O) groups is 3. The molecule has 0 aromatic heterocycles. The quantitative estimate of drug-likeness (QED) is 0.214. The molecule has 0 aliphatic carbocycles. The Morgan fingerprint density at radius 2 is 0.861 bits per heavy atom. The van der Waals surface area contributed by atoms with Gasteiger partial charge < -0.3 is 14.2 Å². The Labute approximate surface area is 210 Å². The number of esters is 3. The summed E-state index contributed by atoms with van der Waals surface area (Å²) in [5.41, 5.74) is 2.49. The molecule has 182 valence electrons. The molecule has 3 aromatic carbocycles. The van der Waals surface area contributed by atoms with E-state index >= 15 is 0 Å². The smallest absolute Gasteiger partial charge is 0.331 e. The highest BCUT2D eigenvalue weighted by molar-refractivity contribution is 5.88. The summed E-state index contributed by atoms with van der Waals surface area (Å²) < 4.78 is 15.8. The number of carbonyl (C=O) groups excluding carboxylic acids is 3. The van der Waals surface area contributed by atoms with Crippen molar-refractivity contribution >= 4 is 36.1 Å². The molecule has 0 saturated heterocycles. The van der Waals surface area contributed by atoms with E-state index < -0.39 is 24.0 Å². The standard InChI is InChI=1S/C30H26O6/c31-28(19-16-24-10-4-1-5-11-24)34-22-27(36-30(33)21-18-26-14-8-3-9-15-26)23-35-29(32)20-17-25-12-6-2-7-13-25/h1-21,27H,22-23H2/b19-16+,20-17?,21-18?. The summed E-state index contributed by atoms with van der Waals surface area (Å²) in [5, 5.41) is 0. The summed E-state index contributed by atoms with van der Waals surface area (Å²) in [4.78, 5) is 36.6. The molecular formula is C30H26O6. The van der Waals surface area contributed by atoms with Crippen LogP contribution >= 0.6 is 0 Å². The van der Waals surface area contributed by atoms with Crippen molar-refractivity contribution < 1.29 is 28.6 Å². The van der Waals surface area contributed by atoms with E-state index in [1.165, 1.54) is 18.2 Å². The van der Waals surface area contributed by atoms with Crippen LogP contribution in [0.15, 0.2) is 109 Å². The lowest BCUT2D eigenvalue weighted by atomic mass is 10.2. The lowest BCUT2D eigenvalue weighted by molar-refractivity contribution is -0.160. The van der Waals surface area contributed by atoms with E-state index in [0.29, 0.717) is 0 Å². The first-order valence-corrected chi connectivity index (χ1v) is 11.3. The molecule has 0 spiro atoms. The van der Waals surface area contributed by atoms with Gasteiger partial charge in [0.1, 0.15) is 13.2 Å². The number of benzene rings is 3. The van der Waals surface area contributed by atoms with E-state index in [-0.39, 0.29) is 13.2 Å². The maximum Gasteiger partial charge on any atom is 0.331 e. The fourth-order valence-electron chi connectivity index (χ4n) is 2.95. The predicted octanol–water partition coefficient (Wildman–Crippen LogP) is 5.12. The molecule has 0 heterocycles. The number of rotatable bonds is 11. The predicted molar refractivity (Wildman–Crippen MR) is 138 cm³/mol. The van der Waals surface area contributed by atoms with E-state index in [1.54, 1.807) is 18.2 Å². The highest BCUT2D eigenvalue weighted by atomic mass is 16.6. The lowest BCUT2D eigenvalue weighted by Crippen LogP contribution is -2.29. The molecule has 3 aromatic rings. The highest BCUT2D eigenvalue weighted by Crippen LogP contribution is 2.06. The van der Waals surface area contributed by atoms with Gasteiger partial charge in [0, 0.05) is 18.2 Å². The summed E-state index contributed by atoms with van der Waals surface area (Å²) in [7, 11) is 0. The van der Waals surface area contributed by atoms with Crippen LogP contribution in [-0.4, -0.2) is 37.2 Å². The van der Waals surface area contributed by atoms with Crippen LogP contribution < -0.4 is 0 Å². The Morgan fingerprint density at radius 3 is 1.22 bits per heavy atom. The summed E-state index contributed by atoms with van der Waals surface area (Å²) >= 11 is 0. The molecule has 0 fully saturated rings. The molecule has 0 amide bonds. The normalized spacial score (nSPS) is 12.0. The Hall–Kier alpha value is -4.71. The largest absolute Gasteiger partial charge is 0.458 e. The summed E-state index contributed by atoms with van der Waals surface area (Å²) in [6, 6.07) is 27.8. The van der Waals surface area contributed by atoms with Crippen LogP contribution in [0.4, 0.5) is 0 Å². The van der Waals surface area contributed by atoms with Crippen molar-refractivity contribution in [2.75, 3.05) is 13.2 Å². The van der Waals surface area contributed by atoms with Gasteiger partial charge in [0.2, 0.25) is 0 Å². The highest BCUT2D eigenvalue weighted by Gasteiger charge is 2.17. The van der Waals surface area contributed by atoms with Crippen LogP contribution in [-0.2, 0) is 28.6 Å². The third-order valence-corrected chi connectivity index (χ3v) is 4.74. The number of hydrogen-bond donors (Lipinski definition) is 0. The van der Waals surface area contributed by atoms with Gasteiger partial charge >= 0.3 is 17.9 Å². The van der Waals surface area contributed by atoms with Crippen molar-refractivity contribution in [3.63, 3.8) is 0 Å². The van der Waals surface area contributed by atoms with Gasteiger partial charge in [-0.15, -0.1) is 0 Å². The van der Waals surface area contributed by atoms with Crippen molar-refractivity contribution in [3.8, 4) is 0 Å². The van der Waals surface area contributed by atoms with Crippen LogP contribution in [0.5, 0.6) is 0 Å². The Kier molecular flexibility index (Phi) is 10.5. The topological polar surface area (TPSA) is 78.9 Å². The molecule has 0 saturated carbocycles. The van der Waals surface area contributed by atoms with Crippen molar-refractivity contribution in [1.29, 1.82) is 0 Å². The minimum atomic E-state index is -0.985. The van der Waals surface area contributed by atoms with Crippen LogP contribution in [0.2, 0.25) is 0 Å². The lowest BCUT2D eigenvalue weighted by Gasteiger charge is -2.16. The monoisotopic (exact) mass is 482 g/mol. The summed E-state index contributed by atoms with van der Waals surface area (Å²) in [6.07, 6.45) is 7.65. The molecule has 3 rings (SSSR count). The van der Waals surface area contributed by atoms with Crippen molar-refractivity contribution in [3.05, 3.63) is 126 Å². The van der Waals surface area contributed by atoms with Crippen molar-refractivity contribution in [2.45, 2.75) is 6.10 Å². The molecule has 0 radical (unpaired) electrons. The Morgan fingerprint density at radius 1 is 0.528 bits per heavy atom. The first-order chi connectivity index (χ1) is 17.6. The van der Waals surface area contributed by atoms with Crippen LogP contribution in [0, 0.1) is 0 Å². The number of ether oxygens (including phenoxy) is 3. The molecule has 0 N–H and O–H groups in total. The molecule has 1 atom stereocenters. The van der Waals surface area contributed by atoms with Gasteiger partial charge in [-0.25, -0.2) is 14.4 Å². The van der Waals surface area contributed by atoms with E-state index in [9.17, 15) is 14.4 Å². The van der Waals surface area contributed by atoms with Crippen molar-refractivity contribution in [1.82, 2.24) is 0 Å². The van der Waals surface area contributed by atoms with E-state index in [2.05, 4.69) is 0 Å². The average molecular weight is 483 g/mol. The second kappa shape index (κ2) is 14.5. The fourth-order valence-corrected chi connectivity index (χ4v) is 2.95. The van der Waals surface area contributed by atoms with Gasteiger partial charge in [-0.1, -0.05) is 91.0 Å². The molecule has 1 unspecified atom stereocenters. The molecular weight excluding hydrogens is 456 g/mol. The maximum absolute atomic E-state index is 12.3. The zero-order valence-corrected chi connectivity index (χ0v) is 19.6. The summed E-state index contributed by atoms with van der Waals surface area (Å²) in [5.74, 6) is -1.89. The van der Waals surface area contributed by atoms with Gasteiger partial charge in [-0.3, -0.25) is 0 Å².